The molecule has 42 heavy (non-hydrogen) atoms. The van der Waals surface area contributed by atoms with Crippen LogP contribution in [0.1, 0.15) is 48.7 Å². The van der Waals surface area contributed by atoms with Crippen LogP contribution < -0.4 is 10.4 Å². The molecule has 0 N–H and O–H groups in total. The summed E-state index contributed by atoms with van der Waals surface area (Å²) in [4.78, 5) is 13.5. The molecule has 3 atom stereocenters. The van der Waals surface area contributed by atoms with Gasteiger partial charge in [0.05, 0.1) is 12.2 Å². The molecule has 0 aromatic heterocycles. The van der Waals surface area contributed by atoms with Gasteiger partial charge in [0.2, 0.25) is 0 Å². The molecule has 0 aliphatic carbocycles. The van der Waals surface area contributed by atoms with Gasteiger partial charge in [0, 0.05) is 13.5 Å². The first-order chi connectivity index (χ1) is 20.2. The molecule has 0 saturated carbocycles. The van der Waals surface area contributed by atoms with E-state index in [0.717, 1.165) is 11.1 Å². The maximum absolute atomic E-state index is 13.5. The summed E-state index contributed by atoms with van der Waals surface area (Å²) in [7, 11) is -1.31. The van der Waals surface area contributed by atoms with Gasteiger partial charge in [-0.3, -0.25) is 0 Å². The predicted octanol–water partition coefficient (Wildman–Crippen LogP) is 6.39. The molecule has 218 valence electrons. The SMILES string of the molecule is COC1C[C@H](OC(=O)c2ccc(C)cc2)[C@](CO[Si](c2ccccc2)(c2ccccc2)C(C)(C)C)(c2ccccc2)O1. The fraction of sp³-hybridized carbons (Fsp3) is 0.306. The number of aryl methyl sites for hydroxylation is 1. The van der Waals surface area contributed by atoms with E-state index in [4.69, 9.17) is 18.6 Å². The fourth-order valence-electron chi connectivity index (χ4n) is 6.06. The molecule has 1 heterocycles. The molecule has 1 saturated heterocycles. The van der Waals surface area contributed by atoms with Gasteiger partial charge in [0.15, 0.2) is 11.9 Å². The van der Waals surface area contributed by atoms with E-state index in [0.29, 0.717) is 12.0 Å². The third kappa shape index (κ3) is 5.72. The van der Waals surface area contributed by atoms with Crippen LogP contribution in [0.15, 0.2) is 115 Å². The summed E-state index contributed by atoms with van der Waals surface area (Å²) in [5.41, 5.74) is 1.36. The van der Waals surface area contributed by atoms with Crippen molar-refractivity contribution in [2.24, 2.45) is 0 Å². The van der Waals surface area contributed by atoms with Gasteiger partial charge in [-0.15, -0.1) is 0 Å². The van der Waals surface area contributed by atoms with Crippen LogP contribution in [0.2, 0.25) is 5.04 Å². The molecule has 5 nitrogen and oxygen atoms in total. The third-order valence-electron chi connectivity index (χ3n) is 8.25. The molecule has 5 rings (SSSR count). The Balaban J connectivity index is 1.61. The number of carbonyl (C=O) groups excluding carboxylic acids is 1. The zero-order chi connectivity index (χ0) is 29.8. The van der Waals surface area contributed by atoms with Crippen molar-refractivity contribution in [1.29, 1.82) is 0 Å². The summed E-state index contributed by atoms with van der Waals surface area (Å²) in [6.45, 7) is 8.91. The number of rotatable bonds is 9. The maximum Gasteiger partial charge on any atom is 0.338 e. The predicted molar refractivity (Wildman–Crippen MR) is 169 cm³/mol. The molecule has 1 fully saturated rings. The van der Waals surface area contributed by atoms with E-state index in [2.05, 4.69) is 69.3 Å². The lowest BCUT2D eigenvalue weighted by Gasteiger charge is -2.45. The molecule has 4 aromatic rings. The lowest BCUT2D eigenvalue weighted by atomic mass is 9.89. The first kappa shape index (κ1) is 29.9. The van der Waals surface area contributed by atoms with Crippen molar-refractivity contribution in [3.8, 4) is 0 Å². The highest BCUT2D eigenvalue weighted by Gasteiger charge is 2.57. The Morgan fingerprint density at radius 1 is 0.833 bits per heavy atom. The Morgan fingerprint density at radius 2 is 1.36 bits per heavy atom. The topological polar surface area (TPSA) is 54.0 Å². The van der Waals surface area contributed by atoms with Crippen molar-refractivity contribution in [3.63, 3.8) is 0 Å². The Bertz CT molecular complexity index is 1410. The lowest BCUT2D eigenvalue weighted by Crippen LogP contribution is -2.67. The molecule has 4 aromatic carbocycles. The smallest absolute Gasteiger partial charge is 0.338 e. The second-order valence-electron chi connectivity index (χ2n) is 12.0. The van der Waals surface area contributed by atoms with Gasteiger partial charge in [0.25, 0.3) is 8.32 Å². The van der Waals surface area contributed by atoms with Gasteiger partial charge in [0.1, 0.15) is 6.10 Å². The number of hydrogen-bond acceptors (Lipinski definition) is 5. The van der Waals surface area contributed by atoms with Gasteiger partial charge < -0.3 is 18.6 Å². The van der Waals surface area contributed by atoms with Gasteiger partial charge in [-0.25, -0.2) is 4.79 Å². The molecule has 1 unspecified atom stereocenters. The summed E-state index contributed by atoms with van der Waals surface area (Å²) in [6, 6.07) is 38.4. The molecule has 0 amide bonds. The minimum Gasteiger partial charge on any atom is -0.455 e. The van der Waals surface area contributed by atoms with Crippen LogP contribution in [-0.2, 0) is 24.2 Å². The minimum absolute atomic E-state index is 0.177. The van der Waals surface area contributed by atoms with Crippen LogP contribution in [0.5, 0.6) is 0 Å². The molecule has 1 aliphatic heterocycles. The quantitative estimate of drug-likeness (QED) is 0.170. The second kappa shape index (κ2) is 12.4. The Hall–Kier alpha value is -3.55. The minimum atomic E-state index is -2.93. The Kier molecular flexibility index (Phi) is 8.80. The standard InChI is InChI=1S/C36H40O5Si/c1-27-21-23-28(24-22-27)34(37)40-32-25-33(38-5)41-36(32,29-15-9-6-10-16-29)26-39-42(35(2,3)4,30-17-11-7-12-18-30)31-19-13-8-14-20-31/h6-24,32-33H,25-26H2,1-5H3/t32-,33?,36-/m0/s1. The van der Waals surface area contributed by atoms with E-state index in [1.807, 2.05) is 61.5 Å². The van der Waals surface area contributed by atoms with Crippen molar-refractivity contribution in [1.82, 2.24) is 0 Å². The zero-order valence-electron chi connectivity index (χ0n) is 25.1. The van der Waals surface area contributed by atoms with Crippen molar-refractivity contribution in [2.75, 3.05) is 13.7 Å². The maximum atomic E-state index is 13.5. The van der Waals surface area contributed by atoms with Crippen LogP contribution in [0.25, 0.3) is 0 Å². The molecule has 0 bridgehead atoms. The van der Waals surface area contributed by atoms with Crippen LogP contribution in [0.3, 0.4) is 0 Å². The average molecular weight is 581 g/mol. The number of ether oxygens (including phenoxy) is 3. The summed E-state index contributed by atoms with van der Waals surface area (Å²) in [6.07, 6.45) is -0.826. The number of carbonyl (C=O) groups is 1. The summed E-state index contributed by atoms with van der Waals surface area (Å²) in [5.74, 6) is -0.397. The van der Waals surface area contributed by atoms with Gasteiger partial charge in [-0.05, 0) is 40.0 Å². The number of methoxy groups -OCH3 is 1. The second-order valence-corrected chi connectivity index (χ2v) is 16.3. The van der Waals surface area contributed by atoms with E-state index in [1.54, 1.807) is 19.2 Å². The normalized spacial score (nSPS) is 20.8. The van der Waals surface area contributed by atoms with Crippen LogP contribution in [-0.4, -0.2) is 40.4 Å². The molecule has 0 radical (unpaired) electrons. The van der Waals surface area contributed by atoms with E-state index in [1.165, 1.54) is 10.4 Å². The Morgan fingerprint density at radius 3 is 1.86 bits per heavy atom. The average Bonchev–Trinajstić information content (AvgIpc) is 3.37. The first-order valence-corrected chi connectivity index (χ1v) is 16.4. The fourth-order valence-corrected chi connectivity index (χ4v) is 10.6. The van der Waals surface area contributed by atoms with Crippen molar-refractivity contribution < 1.29 is 23.4 Å². The molecule has 1 aliphatic rings. The molecular weight excluding hydrogens is 540 g/mol. The summed E-state index contributed by atoms with van der Waals surface area (Å²) >= 11 is 0. The highest BCUT2D eigenvalue weighted by atomic mass is 28.4. The van der Waals surface area contributed by atoms with Crippen LogP contribution >= 0.6 is 0 Å². The zero-order valence-corrected chi connectivity index (χ0v) is 26.1. The van der Waals surface area contributed by atoms with Crippen LogP contribution in [0, 0.1) is 6.92 Å². The molecule has 0 spiro atoms. The highest BCUT2D eigenvalue weighted by Crippen LogP contribution is 2.45. The number of esters is 1. The monoisotopic (exact) mass is 580 g/mol. The summed E-state index contributed by atoms with van der Waals surface area (Å²) in [5, 5.41) is 2.10. The van der Waals surface area contributed by atoms with E-state index in [-0.39, 0.29) is 11.6 Å². The number of benzene rings is 4. The number of hydrogen-bond donors (Lipinski definition) is 0. The Labute approximate surface area is 250 Å². The van der Waals surface area contributed by atoms with Crippen LogP contribution in [0.4, 0.5) is 0 Å². The molecule has 6 heteroatoms. The van der Waals surface area contributed by atoms with Crippen molar-refractivity contribution in [2.45, 2.75) is 57.1 Å². The van der Waals surface area contributed by atoms with Gasteiger partial charge >= 0.3 is 5.97 Å². The highest BCUT2D eigenvalue weighted by molar-refractivity contribution is 6.99. The van der Waals surface area contributed by atoms with Gasteiger partial charge in [-0.1, -0.05) is 129 Å². The van der Waals surface area contributed by atoms with Crippen molar-refractivity contribution >= 4 is 24.7 Å². The third-order valence-corrected chi connectivity index (χ3v) is 13.2. The molecular formula is C36H40O5Si. The first-order valence-electron chi connectivity index (χ1n) is 14.5. The van der Waals surface area contributed by atoms with E-state index in [9.17, 15) is 4.79 Å². The largest absolute Gasteiger partial charge is 0.455 e. The summed E-state index contributed by atoms with van der Waals surface area (Å²) < 4.78 is 26.2. The van der Waals surface area contributed by atoms with Crippen molar-refractivity contribution in [3.05, 3.63) is 132 Å². The van der Waals surface area contributed by atoms with E-state index < -0.39 is 32.3 Å². The van der Waals surface area contributed by atoms with E-state index >= 15 is 0 Å². The lowest BCUT2D eigenvalue weighted by molar-refractivity contribution is -0.181. The van der Waals surface area contributed by atoms with Gasteiger partial charge in [-0.2, -0.15) is 0 Å².